The van der Waals surface area contributed by atoms with Crippen LogP contribution in [0.2, 0.25) is 0 Å². The average Bonchev–Trinajstić information content (AvgIpc) is 2.47. The number of rotatable bonds is 6. The van der Waals surface area contributed by atoms with Crippen LogP contribution in [-0.2, 0) is 19.5 Å². The molecule has 1 atom stereocenters. The number of hydrogen-bond donors (Lipinski definition) is 1. The fourth-order valence-electron chi connectivity index (χ4n) is 2.21. The van der Waals surface area contributed by atoms with Crippen molar-refractivity contribution in [3.05, 3.63) is 42.5 Å². The minimum atomic E-state index is -3.63. The van der Waals surface area contributed by atoms with E-state index < -0.39 is 22.4 Å². The van der Waals surface area contributed by atoms with E-state index in [-0.39, 0.29) is 4.90 Å². The zero-order valence-electron chi connectivity index (χ0n) is 12.2. The van der Waals surface area contributed by atoms with Crippen LogP contribution >= 0.6 is 0 Å². The van der Waals surface area contributed by atoms with Gasteiger partial charge in [-0.15, -0.1) is 0 Å². The molecule has 1 unspecified atom stereocenters. The molecule has 2 aromatic carbocycles. The molecule has 114 valence electrons. The van der Waals surface area contributed by atoms with Gasteiger partial charge in [-0.05, 0) is 29.8 Å². The second-order valence-corrected chi connectivity index (χ2v) is 6.47. The second kappa shape index (κ2) is 6.53. The molecule has 0 radical (unpaired) electrons. The van der Waals surface area contributed by atoms with Gasteiger partial charge >= 0.3 is 0 Å². The Bertz CT molecular complexity index is 710. The van der Waals surface area contributed by atoms with Crippen LogP contribution in [0.4, 0.5) is 0 Å². The molecular weight excluding hydrogens is 290 g/mol. The Morgan fingerprint density at radius 2 is 1.62 bits per heavy atom. The molecule has 0 bridgehead atoms. The Kier molecular flexibility index (Phi) is 4.95. The lowest BCUT2D eigenvalue weighted by Crippen LogP contribution is -2.42. The molecule has 21 heavy (non-hydrogen) atoms. The van der Waals surface area contributed by atoms with E-state index in [1.165, 1.54) is 14.2 Å². The van der Waals surface area contributed by atoms with Gasteiger partial charge in [0.15, 0.2) is 6.29 Å². The highest BCUT2D eigenvalue weighted by atomic mass is 32.2. The summed E-state index contributed by atoms with van der Waals surface area (Å²) in [7, 11) is -0.692. The summed E-state index contributed by atoms with van der Waals surface area (Å²) in [6.07, 6.45) is -0.639. The van der Waals surface area contributed by atoms with E-state index in [2.05, 4.69) is 4.72 Å². The number of sulfonamides is 1. The van der Waals surface area contributed by atoms with Gasteiger partial charge in [-0.1, -0.05) is 30.3 Å². The zero-order chi connectivity index (χ0) is 15.5. The molecule has 0 heterocycles. The molecular formula is C15H19NO4S. The van der Waals surface area contributed by atoms with E-state index in [0.717, 1.165) is 10.8 Å². The van der Waals surface area contributed by atoms with Crippen molar-refractivity contribution in [3.8, 4) is 0 Å². The Balaban J connectivity index is 2.29. The maximum atomic E-state index is 12.4. The topological polar surface area (TPSA) is 64.6 Å². The molecule has 2 rings (SSSR count). The smallest absolute Gasteiger partial charge is 0.241 e. The van der Waals surface area contributed by atoms with Crippen molar-refractivity contribution >= 4 is 20.8 Å². The number of ether oxygens (including phenoxy) is 2. The van der Waals surface area contributed by atoms with Crippen LogP contribution < -0.4 is 4.72 Å². The minimum absolute atomic E-state index is 0.221. The van der Waals surface area contributed by atoms with E-state index in [0.29, 0.717) is 0 Å². The quantitative estimate of drug-likeness (QED) is 0.830. The third-order valence-corrected chi connectivity index (χ3v) is 4.80. The van der Waals surface area contributed by atoms with Crippen molar-refractivity contribution in [3.63, 3.8) is 0 Å². The molecule has 1 N–H and O–H groups in total. The third kappa shape index (κ3) is 3.59. The Morgan fingerprint density at radius 3 is 2.24 bits per heavy atom. The summed E-state index contributed by atoms with van der Waals surface area (Å²) in [6, 6.07) is 12.1. The highest BCUT2D eigenvalue weighted by molar-refractivity contribution is 7.89. The van der Waals surface area contributed by atoms with Gasteiger partial charge in [0.2, 0.25) is 10.0 Å². The first-order valence-corrected chi connectivity index (χ1v) is 8.03. The van der Waals surface area contributed by atoms with Crippen molar-refractivity contribution in [1.29, 1.82) is 0 Å². The fraction of sp³-hybridized carbons (Fsp3) is 0.333. The summed E-state index contributed by atoms with van der Waals surface area (Å²) >= 11 is 0. The molecule has 0 fully saturated rings. The predicted molar refractivity (Wildman–Crippen MR) is 81.5 cm³/mol. The number of methoxy groups -OCH3 is 2. The molecule has 6 heteroatoms. The number of fused-ring (bicyclic) bond motifs is 1. The summed E-state index contributed by atoms with van der Waals surface area (Å²) in [5.74, 6) is 0. The summed E-state index contributed by atoms with van der Waals surface area (Å²) in [5, 5.41) is 1.87. The lowest BCUT2D eigenvalue weighted by Gasteiger charge is -2.22. The first-order valence-electron chi connectivity index (χ1n) is 6.54. The maximum absolute atomic E-state index is 12.4. The molecule has 0 aromatic heterocycles. The van der Waals surface area contributed by atoms with Gasteiger partial charge in [-0.25, -0.2) is 13.1 Å². The van der Waals surface area contributed by atoms with Gasteiger partial charge in [0.25, 0.3) is 0 Å². The van der Waals surface area contributed by atoms with Crippen molar-refractivity contribution in [1.82, 2.24) is 4.72 Å². The molecule has 0 aliphatic heterocycles. The molecule has 0 aliphatic carbocycles. The van der Waals surface area contributed by atoms with Gasteiger partial charge in [-0.2, -0.15) is 0 Å². The molecule has 0 spiro atoms. The van der Waals surface area contributed by atoms with Crippen LogP contribution in [0.25, 0.3) is 10.8 Å². The average molecular weight is 309 g/mol. The van der Waals surface area contributed by atoms with Gasteiger partial charge < -0.3 is 9.47 Å². The number of nitrogens with one attached hydrogen (secondary N) is 1. The maximum Gasteiger partial charge on any atom is 0.241 e. The van der Waals surface area contributed by atoms with Gasteiger partial charge in [0.1, 0.15) is 0 Å². The molecule has 0 saturated carbocycles. The van der Waals surface area contributed by atoms with E-state index in [1.54, 1.807) is 25.1 Å². The van der Waals surface area contributed by atoms with E-state index >= 15 is 0 Å². The molecule has 0 saturated heterocycles. The lowest BCUT2D eigenvalue weighted by molar-refractivity contribution is -0.115. The van der Waals surface area contributed by atoms with Crippen LogP contribution in [0.15, 0.2) is 47.4 Å². The summed E-state index contributed by atoms with van der Waals surface area (Å²) in [5.41, 5.74) is 0. The minimum Gasteiger partial charge on any atom is -0.354 e. The largest absolute Gasteiger partial charge is 0.354 e. The SMILES string of the molecule is COC(OC)C(C)NS(=O)(=O)c1ccc2ccccc2c1. The van der Waals surface area contributed by atoms with Gasteiger partial charge in [0.05, 0.1) is 10.9 Å². The molecule has 0 amide bonds. The van der Waals surface area contributed by atoms with Crippen LogP contribution in [0.3, 0.4) is 0 Å². The Labute approximate surface area is 124 Å². The summed E-state index contributed by atoms with van der Waals surface area (Å²) < 4.78 is 37.5. The third-order valence-electron chi connectivity index (χ3n) is 3.25. The summed E-state index contributed by atoms with van der Waals surface area (Å²) in [6.45, 7) is 1.69. The van der Waals surface area contributed by atoms with Crippen molar-refractivity contribution in [2.24, 2.45) is 0 Å². The number of benzene rings is 2. The van der Waals surface area contributed by atoms with Crippen LogP contribution in [-0.4, -0.2) is 35.0 Å². The first kappa shape index (κ1) is 15.9. The first-order chi connectivity index (χ1) is 9.97. The highest BCUT2D eigenvalue weighted by Gasteiger charge is 2.23. The monoisotopic (exact) mass is 309 g/mol. The predicted octanol–water partition coefficient (Wildman–Crippen LogP) is 2.13. The van der Waals surface area contributed by atoms with Crippen molar-refractivity contribution in [2.75, 3.05) is 14.2 Å². The van der Waals surface area contributed by atoms with Crippen LogP contribution in [0.1, 0.15) is 6.92 Å². The molecule has 2 aromatic rings. The van der Waals surface area contributed by atoms with Crippen molar-refractivity contribution < 1.29 is 17.9 Å². The van der Waals surface area contributed by atoms with E-state index in [4.69, 9.17) is 9.47 Å². The molecule has 0 aliphatic rings. The fourth-order valence-corrected chi connectivity index (χ4v) is 3.47. The highest BCUT2D eigenvalue weighted by Crippen LogP contribution is 2.19. The standard InChI is InChI=1S/C15H19NO4S/c1-11(15(19-2)20-3)16-21(17,18)14-9-8-12-6-4-5-7-13(12)10-14/h4-11,15-16H,1-3H3. The Morgan fingerprint density at radius 1 is 1.00 bits per heavy atom. The van der Waals surface area contributed by atoms with Crippen LogP contribution in [0.5, 0.6) is 0 Å². The number of hydrogen-bond acceptors (Lipinski definition) is 4. The lowest BCUT2D eigenvalue weighted by atomic mass is 10.1. The Hall–Kier alpha value is -1.47. The normalized spacial score (nSPS) is 13.7. The van der Waals surface area contributed by atoms with Crippen LogP contribution in [0, 0.1) is 0 Å². The van der Waals surface area contributed by atoms with E-state index in [1.807, 2.05) is 24.3 Å². The second-order valence-electron chi connectivity index (χ2n) is 4.76. The van der Waals surface area contributed by atoms with Crippen molar-refractivity contribution in [2.45, 2.75) is 24.2 Å². The summed E-state index contributed by atoms with van der Waals surface area (Å²) in [4.78, 5) is 0.221. The van der Waals surface area contributed by atoms with Gasteiger partial charge in [-0.3, -0.25) is 0 Å². The molecule has 5 nitrogen and oxygen atoms in total. The van der Waals surface area contributed by atoms with E-state index in [9.17, 15) is 8.42 Å². The van der Waals surface area contributed by atoms with Gasteiger partial charge in [0, 0.05) is 14.2 Å². The zero-order valence-corrected chi connectivity index (χ0v) is 13.1.